The summed E-state index contributed by atoms with van der Waals surface area (Å²) in [5.74, 6) is 1.51. The molecule has 7 heteroatoms. The van der Waals surface area contributed by atoms with Gasteiger partial charge in [0.2, 0.25) is 0 Å². The number of hydrogen-bond donors (Lipinski definition) is 2. The van der Waals surface area contributed by atoms with Crippen LogP contribution in [-0.4, -0.2) is 31.3 Å². The topological polar surface area (TPSA) is 54.9 Å². The van der Waals surface area contributed by atoms with Crippen LogP contribution in [-0.2, 0) is 4.74 Å². The molecule has 2 aromatic carbocycles. The number of nitrogens with one attached hydrogen (secondary N) is 2. The molecule has 0 radical (unpaired) electrons. The number of halogens is 2. The number of nitrogens with zero attached hydrogens (tertiary/aromatic N) is 1. The second-order valence-corrected chi connectivity index (χ2v) is 8.84. The molecule has 0 spiro atoms. The van der Waals surface area contributed by atoms with Gasteiger partial charge >= 0.3 is 0 Å². The molecule has 0 bridgehead atoms. The first kappa shape index (κ1) is 21.4. The van der Waals surface area contributed by atoms with Crippen LogP contribution in [0.5, 0.6) is 11.5 Å². The summed E-state index contributed by atoms with van der Waals surface area (Å²) in [5.41, 5.74) is 2.45. The van der Waals surface area contributed by atoms with Crippen molar-refractivity contribution >= 4 is 46.2 Å². The number of hydrogen-bond acceptors (Lipinski definition) is 4. The van der Waals surface area contributed by atoms with Crippen LogP contribution in [0.15, 0.2) is 35.3 Å². The van der Waals surface area contributed by atoms with Gasteiger partial charge in [-0.3, -0.25) is 0 Å². The third kappa shape index (κ3) is 5.37. The van der Waals surface area contributed by atoms with E-state index in [1.54, 1.807) is 6.34 Å². The summed E-state index contributed by atoms with van der Waals surface area (Å²) in [5, 5.41) is 7.31. The minimum Gasteiger partial charge on any atom is -0.457 e. The van der Waals surface area contributed by atoms with E-state index in [-0.39, 0.29) is 6.10 Å². The van der Waals surface area contributed by atoms with Gasteiger partial charge in [-0.1, -0.05) is 11.6 Å². The molecule has 0 aliphatic carbocycles. The number of ether oxygens (including phenoxy) is 2. The van der Waals surface area contributed by atoms with E-state index >= 15 is 0 Å². The zero-order valence-electron chi connectivity index (χ0n) is 16.5. The van der Waals surface area contributed by atoms with E-state index in [1.165, 1.54) is 0 Å². The van der Waals surface area contributed by atoms with Crippen molar-refractivity contribution in [2.24, 2.45) is 4.99 Å². The lowest BCUT2D eigenvalue weighted by Gasteiger charge is -2.37. The van der Waals surface area contributed by atoms with Crippen LogP contribution in [0, 0.1) is 17.4 Å². The van der Waals surface area contributed by atoms with Gasteiger partial charge in [-0.15, -0.1) is 0 Å². The fraction of sp³-hybridized carbons (Fsp3) is 0.381. The number of morpholine rings is 1. The molecular formula is C21H25ClIN3O2. The maximum absolute atomic E-state index is 6.19. The van der Waals surface area contributed by atoms with E-state index in [0.29, 0.717) is 5.02 Å². The average molecular weight is 514 g/mol. The molecule has 1 fully saturated rings. The fourth-order valence-electron chi connectivity index (χ4n) is 3.06. The number of aliphatic imine (C=N–C) groups is 1. The first-order valence-corrected chi connectivity index (χ1v) is 10.6. The highest BCUT2D eigenvalue weighted by atomic mass is 127. The van der Waals surface area contributed by atoms with Gasteiger partial charge in [-0.05, 0) is 85.7 Å². The Kier molecular flexibility index (Phi) is 6.85. The zero-order chi connectivity index (χ0) is 20.3. The number of benzene rings is 2. The second-order valence-electron chi connectivity index (χ2n) is 7.27. The van der Waals surface area contributed by atoms with E-state index in [1.807, 2.05) is 51.1 Å². The molecule has 1 saturated heterocycles. The Morgan fingerprint density at radius 3 is 2.82 bits per heavy atom. The van der Waals surface area contributed by atoms with Crippen molar-refractivity contribution < 1.29 is 9.47 Å². The van der Waals surface area contributed by atoms with Crippen LogP contribution in [0.4, 0.5) is 5.69 Å². The van der Waals surface area contributed by atoms with Crippen LogP contribution >= 0.6 is 34.2 Å². The van der Waals surface area contributed by atoms with Gasteiger partial charge < -0.3 is 20.1 Å². The molecule has 3 rings (SSSR count). The van der Waals surface area contributed by atoms with Crippen molar-refractivity contribution in [2.45, 2.75) is 39.5 Å². The summed E-state index contributed by atoms with van der Waals surface area (Å²) >= 11 is 8.39. The van der Waals surface area contributed by atoms with Crippen LogP contribution in [0.3, 0.4) is 0 Å². The maximum atomic E-state index is 6.19. The predicted octanol–water partition coefficient (Wildman–Crippen LogP) is 5.33. The molecule has 1 aliphatic heterocycles. The van der Waals surface area contributed by atoms with Gasteiger partial charge in [0, 0.05) is 22.7 Å². The summed E-state index contributed by atoms with van der Waals surface area (Å²) in [4.78, 5) is 4.58. The highest BCUT2D eigenvalue weighted by molar-refractivity contribution is 14.1. The van der Waals surface area contributed by atoms with Gasteiger partial charge in [-0.2, -0.15) is 0 Å². The highest BCUT2D eigenvalue weighted by Gasteiger charge is 2.29. The smallest absolute Gasteiger partial charge is 0.149 e. The molecule has 28 heavy (non-hydrogen) atoms. The first-order chi connectivity index (χ1) is 13.3. The van der Waals surface area contributed by atoms with Crippen molar-refractivity contribution in [1.82, 2.24) is 10.6 Å². The molecule has 2 aromatic rings. The summed E-state index contributed by atoms with van der Waals surface area (Å²) in [6, 6.07) is 9.69. The Labute approximate surface area is 185 Å². The Morgan fingerprint density at radius 2 is 2.11 bits per heavy atom. The van der Waals surface area contributed by atoms with Gasteiger partial charge in [-0.25, -0.2) is 4.99 Å². The minimum atomic E-state index is -0.461. The van der Waals surface area contributed by atoms with Gasteiger partial charge in [0.05, 0.1) is 23.2 Å². The fourth-order valence-corrected chi connectivity index (χ4v) is 3.56. The lowest BCUT2D eigenvalue weighted by atomic mass is 10.1. The Hall–Kier alpha value is -1.35. The molecule has 150 valence electrons. The third-order valence-corrected chi connectivity index (χ3v) is 6.11. The van der Waals surface area contributed by atoms with Crippen molar-refractivity contribution in [2.75, 3.05) is 13.1 Å². The molecule has 2 unspecified atom stereocenters. The van der Waals surface area contributed by atoms with Crippen molar-refractivity contribution in [3.05, 3.63) is 50.1 Å². The van der Waals surface area contributed by atoms with Gasteiger partial charge in [0.1, 0.15) is 17.2 Å². The Bertz CT molecular complexity index is 890. The molecule has 2 N–H and O–H groups in total. The van der Waals surface area contributed by atoms with Gasteiger partial charge in [0.25, 0.3) is 0 Å². The molecule has 1 aliphatic rings. The van der Waals surface area contributed by atoms with Crippen LogP contribution < -0.4 is 15.4 Å². The van der Waals surface area contributed by atoms with Gasteiger partial charge in [0.15, 0.2) is 0 Å². The van der Waals surface area contributed by atoms with E-state index in [0.717, 1.165) is 45.0 Å². The summed E-state index contributed by atoms with van der Waals surface area (Å²) in [6.45, 7) is 9.68. The largest absolute Gasteiger partial charge is 0.457 e. The summed E-state index contributed by atoms with van der Waals surface area (Å²) in [6.07, 6.45) is 1.87. The monoisotopic (exact) mass is 513 g/mol. The zero-order valence-corrected chi connectivity index (χ0v) is 19.4. The van der Waals surface area contributed by atoms with E-state index in [4.69, 9.17) is 21.1 Å². The van der Waals surface area contributed by atoms with Crippen molar-refractivity contribution in [3.63, 3.8) is 0 Å². The Morgan fingerprint density at radius 1 is 1.32 bits per heavy atom. The van der Waals surface area contributed by atoms with Crippen LogP contribution in [0.25, 0.3) is 0 Å². The molecule has 0 saturated carbocycles. The molecule has 2 atom stereocenters. The maximum Gasteiger partial charge on any atom is 0.149 e. The van der Waals surface area contributed by atoms with Crippen LogP contribution in [0.2, 0.25) is 5.02 Å². The quantitative estimate of drug-likeness (QED) is 0.322. The number of rotatable bonds is 5. The Balaban J connectivity index is 1.71. The highest BCUT2D eigenvalue weighted by Crippen LogP contribution is 2.33. The summed E-state index contributed by atoms with van der Waals surface area (Å²) < 4.78 is 13.0. The number of aryl methyl sites for hydroxylation is 2. The average Bonchev–Trinajstić information content (AvgIpc) is 2.62. The second kappa shape index (κ2) is 8.98. The molecular weight excluding hydrogens is 489 g/mol. The molecule has 1 heterocycles. The predicted molar refractivity (Wildman–Crippen MR) is 123 cm³/mol. The molecule has 0 amide bonds. The SMILES string of the molecule is Cc1cc(Oc2ccc(I)c(Cl)c2)c(C)cc1/N=C/NC1(C)CNCC(C)O1. The first-order valence-electron chi connectivity index (χ1n) is 9.19. The van der Waals surface area contributed by atoms with Crippen molar-refractivity contribution in [3.8, 4) is 11.5 Å². The summed E-state index contributed by atoms with van der Waals surface area (Å²) in [7, 11) is 0. The molecule has 0 aromatic heterocycles. The third-order valence-electron chi connectivity index (χ3n) is 4.54. The molecule has 5 nitrogen and oxygen atoms in total. The standard InChI is InChI=1S/C21H25ClIN3O2/c1-13-8-20(27-16-5-6-18(23)17(22)9-16)14(2)7-19(13)25-12-26-21(4)11-24-10-15(3)28-21/h5-9,12,15,24H,10-11H2,1-4H3,(H,25,26). The lowest BCUT2D eigenvalue weighted by Crippen LogP contribution is -2.58. The van der Waals surface area contributed by atoms with E-state index in [2.05, 4.69) is 45.1 Å². The van der Waals surface area contributed by atoms with E-state index < -0.39 is 5.72 Å². The minimum absolute atomic E-state index is 0.162. The lowest BCUT2D eigenvalue weighted by molar-refractivity contribution is -0.105. The normalized spacial score (nSPS) is 22.4. The van der Waals surface area contributed by atoms with Crippen LogP contribution in [0.1, 0.15) is 25.0 Å². The van der Waals surface area contributed by atoms with Crippen molar-refractivity contribution in [1.29, 1.82) is 0 Å². The van der Waals surface area contributed by atoms with E-state index in [9.17, 15) is 0 Å².